The van der Waals surface area contributed by atoms with Crippen molar-refractivity contribution in [1.29, 1.82) is 0 Å². The summed E-state index contributed by atoms with van der Waals surface area (Å²) in [4.78, 5) is 17.7. The van der Waals surface area contributed by atoms with E-state index in [4.69, 9.17) is 0 Å². The zero-order valence-corrected chi connectivity index (χ0v) is 11.0. The lowest BCUT2D eigenvalue weighted by Crippen LogP contribution is -2.36. The summed E-state index contributed by atoms with van der Waals surface area (Å²) in [5, 5.41) is 12.8. The summed E-state index contributed by atoms with van der Waals surface area (Å²) in [5.41, 5.74) is 0.568. The van der Waals surface area contributed by atoms with Gasteiger partial charge in [-0.15, -0.1) is 0 Å². The number of nitrogens with one attached hydrogen (secondary N) is 2. The van der Waals surface area contributed by atoms with Gasteiger partial charge in [-0.25, -0.2) is 4.98 Å². The van der Waals surface area contributed by atoms with E-state index in [9.17, 15) is 5.11 Å². The predicted octanol–water partition coefficient (Wildman–Crippen LogP) is 0.602. The van der Waals surface area contributed by atoms with Crippen LogP contribution in [0.3, 0.4) is 0 Å². The molecule has 3 N–H and O–H groups in total. The monoisotopic (exact) mass is 250 g/mol. The number of hydrogen-bond donors (Lipinski definition) is 3. The molecule has 0 saturated heterocycles. The molecule has 0 spiro atoms. The number of H-pyrrole nitrogens is 1. The van der Waals surface area contributed by atoms with Crippen molar-refractivity contribution in [3.63, 3.8) is 0 Å². The van der Waals surface area contributed by atoms with Gasteiger partial charge < -0.3 is 20.3 Å². The van der Waals surface area contributed by atoms with E-state index in [0.29, 0.717) is 24.0 Å². The molecule has 0 unspecified atom stereocenters. The molecule has 2 rings (SSSR count). The van der Waals surface area contributed by atoms with Crippen molar-refractivity contribution in [3.8, 4) is 0 Å². The van der Waals surface area contributed by atoms with Crippen LogP contribution in [0.25, 0.3) is 11.2 Å². The Morgan fingerprint density at radius 1 is 1.44 bits per heavy atom. The van der Waals surface area contributed by atoms with Gasteiger partial charge in [0, 0.05) is 20.6 Å². The highest BCUT2D eigenvalue weighted by atomic mass is 16.3. The first kappa shape index (κ1) is 12.6. The third kappa shape index (κ3) is 2.51. The summed E-state index contributed by atoms with van der Waals surface area (Å²) in [6.45, 7) is 3.98. The first-order chi connectivity index (χ1) is 8.40. The molecular weight excluding hydrogens is 232 g/mol. The molecule has 0 amide bonds. The minimum Gasteiger partial charge on any atom is -0.389 e. The molecule has 18 heavy (non-hydrogen) atoms. The van der Waals surface area contributed by atoms with E-state index in [0.717, 1.165) is 5.52 Å². The number of rotatable bonds is 4. The summed E-state index contributed by atoms with van der Waals surface area (Å²) in [6, 6.07) is 0. The van der Waals surface area contributed by atoms with Crippen LogP contribution in [0.4, 0.5) is 11.8 Å². The van der Waals surface area contributed by atoms with E-state index in [2.05, 4.69) is 25.3 Å². The van der Waals surface area contributed by atoms with Gasteiger partial charge >= 0.3 is 0 Å². The van der Waals surface area contributed by atoms with Crippen molar-refractivity contribution in [2.45, 2.75) is 19.4 Å². The van der Waals surface area contributed by atoms with Crippen molar-refractivity contribution >= 4 is 22.9 Å². The van der Waals surface area contributed by atoms with E-state index in [1.165, 1.54) is 0 Å². The molecule has 98 valence electrons. The lowest BCUT2D eigenvalue weighted by Gasteiger charge is -2.26. The lowest BCUT2D eigenvalue weighted by atomic mass is 10.1. The Hall–Kier alpha value is -1.89. The molecule has 0 aliphatic rings. The Morgan fingerprint density at radius 2 is 2.17 bits per heavy atom. The molecule has 0 fully saturated rings. The van der Waals surface area contributed by atoms with Crippen molar-refractivity contribution in [1.82, 2.24) is 19.9 Å². The van der Waals surface area contributed by atoms with Crippen molar-refractivity contribution in [2.75, 3.05) is 30.9 Å². The number of anilines is 2. The molecular formula is C11H18N6O. The van der Waals surface area contributed by atoms with Crippen LogP contribution in [0, 0.1) is 0 Å². The second-order valence-corrected chi connectivity index (χ2v) is 4.89. The van der Waals surface area contributed by atoms with Crippen LogP contribution in [0.1, 0.15) is 13.8 Å². The van der Waals surface area contributed by atoms with Crippen LogP contribution in [0.2, 0.25) is 0 Å². The molecule has 0 aromatic carbocycles. The summed E-state index contributed by atoms with van der Waals surface area (Å²) in [6.07, 6.45) is 1.58. The maximum Gasteiger partial charge on any atom is 0.226 e. The molecule has 2 heterocycles. The lowest BCUT2D eigenvalue weighted by molar-refractivity contribution is 0.0885. The molecule has 0 saturated carbocycles. The standard InChI is InChI=1S/C11H18N6O/c1-11(2,18)5-17(4)9-7-8(14-6-13-7)15-10(12-3)16-9/h6,18H,5H2,1-4H3,(H2,12,13,14,15,16). The molecule has 0 aliphatic heterocycles. The first-order valence-corrected chi connectivity index (χ1v) is 5.73. The highest BCUT2D eigenvalue weighted by molar-refractivity contribution is 5.84. The van der Waals surface area contributed by atoms with Gasteiger partial charge in [0.2, 0.25) is 5.95 Å². The van der Waals surface area contributed by atoms with Crippen molar-refractivity contribution < 1.29 is 5.11 Å². The summed E-state index contributed by atoms with van der Waals surface area (Å²) in [7, 11) is 3.63. The topological polar surface area (TPSA) is 90.0 Å². The summed E-state index contributed by atoms with van der Waals surface area (Å²) in [5.74, 6) is 1.22. The zero-order chi connectivity index (χ0) is 13.3. The second-order valence-electron chi connectivity index (χ2n) is 4.89. The van der Waals surface area contributed by atoms with Gasteiger partial charge in [-0.3, -0.25) is 0 Å². The molecule has 2 aromatic heterocycles. The van der Waals surface area contributed by atoms with Gasteiger partial charge in [-0.2, -0.15) is 9.97 Å². The number of aliphatic hydroxyl groups is 1. The Bertz CT molecular complexity index is 544. The number of fused-ring (bicyclic) bond motifs is 1. The minimum atomic E-state index is -0.800. The number of aromatic amines is 1. The van der Waals surface area contributed by atoms with E-state index < -0.39 is 5.60 Å². The molecule has 2 aromatic rings. The Morgan fingerprint density at radius 3 is 2.78 bits per heavy atom. The third-order valence-electron chi connectivity index (χ3n) is 2.48. The highest BCUT2D eigenvalue weighted by Gasteiger charge is 2.20. The van der Waals surface area contributed by atoms with Gasteiger partial charge in [-0.1, -0.05) is 0 Å². The molecule has 7 heteroatoms. The average molecular weight is 250 g/mol. The van der Waals surface area contributed by atoms with E-state index in [1.807, 2.05) is 11.9 Å². The Kier molecular flexibility index (Phi) is 3.08. The minimum absolute atomic E-state index is 0.460. The summed E-state index contributed by atoms with van der Waals surface area (Å²) < 4.78 is 0. The van der Waals surface area contributed by atoms with E-state index in [-0.39, 0.29) is 0 Å². The molecule has 0 radical (unpaired) electrons. The van der Waals surface area contributed by atoms with Gasteiger partial charge in [-0.05, 0) is 13.8 Å². The molecule has 7 nitrogen and oxygen atoms in total. The number of hydrogen-bond acceptors (Lipinski definition) is 6. The number of imidazole rings is 1. The number of aromatic nitrogens is 4. The van der Waals surface area contributed by atoms with Gasteiger partial charge in [0.1, 0.15) is 5.52 Å². The SMILES string of the molecule is CNc1nc(N(C)CC(C)(C)O)c2[nH]cnc2n1. The Labute approximate surface area is 105 Å². The first-order valence-electron chi connectivity index (χ1n) is 5.73. The van der Waals surface area contributed by atoms with Crippen LogP contribution < -0.4 is 10.2 Å². The fourth-order valence-electron chi connectivity index (χ4n) is 1.86. The fraction of sp³-hybridized carbons (Fsp3) is 0.545. The van der Waals surface area contributed by atoms with E-state index >= 15 is 0 Å². The highest BCUT2D eigenvalue weighted by Crippen LogP contribution is 2.22. The second kappa shape index (κ2) is 4.41. The maximum absolute atomic E-state index is 9.87. The maximum atomic E-state index is 9.87. The van der Waals surface area contributed by atoms with Gasteiger partial charge in [0.25, 0.3) is 0 Å². The van der Waals surface area contributed by atoms with Crippen molar-refractivity contribution in [2.24, 2.45) is 0 Å². The van der Waals surface area contributed by atoms with Gasteiger partial charge in [0.15, 0.2) is 11.5 Å². The summed E-state index contributed by atoms with van der Waals surface area (Å²) >= 11 is 0. The molecule has 0 bridgehead atoms. The van der Waals surface area contributed by atoms with Crippen LogP contribution >= 0.6 is 0 Å². The fourth-order valence-corrected chi connectivity index (χ4v) is 1.86. The Balaban J connectivity index is 2.45. The van der Waals surface area contributed by atoms with Crippen LogP contribution in [-0.4, -0.2) is 51.3 Å². The average Bonchev–Trinajstić information content (AvgIpc) is 2.72. The van der Waals surface area contributed by atoms with E-state index in [1.54, 1.807) is 27.2 Å². The zero-order valence-electron chi connectivity index (χ0n) is 11.0. The quantitative estimate of drug-likeness (QED) is 0.736. The number of nitrogens with zero attached hydrogens (tertiary/aromatic N) is 4. The largest absolute Gasteiger partial charge is 0.389 e. The van der Waals surface area contributed by atoms with Crippen molar-refractivity contribution in [3.05, 3.63) is 6.33 Å². The third-order valence-corrected chi connectivity index (χ3v) is 2.48. The molecule has 0 aliphatic carbocycles. The van der Waals surface area contributed by atoms with Gasteiger partial charge in [0.05, 0.1) is 11.9 Å². The molecule has 0 atom stereocenters. The van der Waals surface area contributed by atoms with Crippen LogP contribution in [-0.2, 0) is 0 Å². The predicted molar refractivity (Wildman–Crippen MR) is 70.8 cm³/mol. The van der Waals surface area contributed by atoms with Crippen LogP contribution in [0.5, 0.6) is 0 Å². The smallest absolute Gasteiger partial charge is 0.226 e. The number of likely N-dealkylation sites (N-methyl/N-ethyl adjacent to an activating group) is 1. The normalized spacial score (nSPS) is 11.8. The van der Waals surface area contributed by atoms with Crippen LogP contribution in [0.15, 0.2) is 6.33 Å².